The first kappa shape index (κ1) is 5.65. The van der Waals surface area contributed by atoms with Gasteiger partial charge in [0.2, 0.25) is 0 Å². The normalized spacial score (nSPS) is 17.0. The van der Waals surface area contributed by atoms with E-state index in [9.17, 15) is 4.79 Å². The van der Waals surface area contributed by atoms with Gasteiger partial charge in [0.1, 0.15) is 5.69 Å². The molecule has 0 aliphatic heterocycles. The Morgan fingerprint density at radius 2 is 2.40 bits per heavy atom. The van der Waals surface area contributed by atoms with E-state index < -0.39 is 0 Å². The van der Waals surface area contributed by atoms with E-state index in [0.717, 1.165) is 18.5 Å². The van der Waals surface area contributed by atoms with Crippen molar-refractivity contribution in [2.24, 2.45) is 0 Å². The monoisotopic (exact) mass is 136 g/mol. The first-order chi connectivity index (χ1) is 4.88. The van der Waals surface area contributed by atoms with Gasteiger partial charge in [0.15, 0.2) is 5.78 Å². The lowest BCUT2D eigenvalue weighted by atomic mass is 10.0. The first-order valence-electron chi connectivity index (χ1n) is 3.43. The van der Waals surface area contributed by atoms with Crippen molar-refractivity contribution < 1.29 is 4.79 Å². The fourth-order valence-corrected chi connectivity index (χ4v) is 1.30. The van der Waals surface area contributed by atoms with Gasteiger partial charge >= 0.3 is 0 Å². The Bertz CT molecular complexity index is 264. The molecule has 0 bridgehead atoms. The third kappa shape index (κ3) is 0.667. The van der Waals surface area contributed by atoms with E-state index in [4.69, 9.17) is 0 Å². The summed E-state index contributed by atoms with van der Waals surface area (Å²) in [6.07, 6.45) is 4.20. The molecule has 2 rings (SSSR count). The molecule has 0 atom stereocenters. The number of hydrogen-bond acceptors (Lipinski definition) is 2. The Balaban J connectivity index is 2.50. The van der Waals surface area contributed by atoms with E-state index in [2.05, 4.69) is 9.97 Å². The minimum absolute atomic E-state index is 0.183. The van der Waals surface area contributed by atoms with Crippen molar-refractivity contribution in [2.45, 2.75) is 19.3 Å². The number of hydrogen-bond donors (Lipinski definition) is 1. The number of carbonyl (C=O) groups is 1. The van der Waals surface area contributed by atoms with Gasteiger partial charge in [0, 0.05) is 12.1 Å². The summed E-state index contributed by atoms with van der Waals surface area (Å²) in [5, 5.41) is 0. The smallest absolute Gasteiger partial charge is 0.183 e. The molecule has 1 heterocycles. The molecule has 1 aromatic heterocycles. The Morgan fingerprint density at radius 1 is 1.50 bits per heavy atom. The second-order valence-corrected chi connectivity index (χ2v) is 2.51. The quantitative estimate of drug-likeness (QED) is 0.576. The number of fused-ring (bicyclic) bond motifs is 1. The largest absolute Gasteiger partial charge is 0.348 e. The summed E-state index contributed by atoms with van der Waals surface area (Å²) in [6.45, 7) is 0. The summed E-state index contributed by atoms with van der Waals surface area (Å²) in [5.41, 5.74) is 1.67. The molecule has 0 spiro atoms. The molecule has 1 aliphatic carbocycles. The maximum Gasteiger partial charge on any atom is 0.183 e. The average molecular weight is 136 g/mol. The first-order valence-corrected chi connectivity index (χ1v) is 3.43. The van der Waals surface area contributed by atoms with Crippen LogP contribution in [0, 0.1) is 0 Å². The molecule has 0 amide bonds. The lowest BCUT2D eigenvalue weighted by molar-refractivity contribution is 0.0968. The van der Waals surface area contributed by atoms with Gasteiger partial charge in [-0.15, -0.1) is 0 Å². The average Bonchev–Trinajstić information content (AvgIpc) is 2.36. The van der Waals surface area contributed by atoms with Gasteiger partial charge in [-0.3, -0.25) is 4.79 Å². The van der Waals surface area contributed by atoms with E-state index in [0.29, 0.717) is 12.1 Å². The van der Waals surface area contributed by atoms with Crippen LogP contribution in [-0.2, 0) is 6.42 Å². The Morgan fingerprint density at radius 3 is 3.20 bits per heavy atom. The highest BCUT2D eigenvalue weighted by atomic mass is 16.1. The number of aromatic nitrogens is 2. The summed E-state index contributed by atoms with van der Waals surface area (Å²) in [7, 11) is 0. The maximum absolute atomic E-state index is 11.1. The Labute approximate surface area is 58.5 Å². The third-order valence-corrected chi connectivity index (χ3v) is 1.81. The highest BCUT2D eigenvalue weighted by molar-refractivity contribution is 5.96. The number of aryl methyl sites for hydroxylation is 1. The summed E-state index contributed by atoms with van der Waals surface area (Å²) in [6, 6.07) is 0. The molecule has 0 aromatic carbocycles. The van der Waals surface area contributed by atoms with Gasteiger partial charge in [-0.2, -0.15) is 0 Å². The second kappa shape index (κ2) is 1.94. The number of carbonyl (C=O) groups excluding carboxylic acids is 1. The highest BCUT2D eigenvalue weighted by Crippen LogP contribution is 2.16. The SMILES string of the molecule is O=C1CCCc2[nH]cnc21. The predicted molar refractivity (Wildman–Crippen MR) is 35.9 cm³/mol. The number of aromatic amines is 1. The van der Waals surface area contributed by atoms with Crippen molar-refractivity contribution in [3.63, 3.8) is 0 Å². The molecule has 0 saturated heterocycles. The molecule has 10 heavy (non-hydrogen) atoms. The molecular weight excluding hydrogens is 128 g/mol. The number of nitrogens with zero attached hydrogens (tertiary/aromatic N) is 1. The standard InChI is InChI=1S/C7H8N2O/c10-6-3-1-2-5-7(6)9-4-8-5/h4H,1-3H2,(H,8,9). The third-order valence-electron chi connectivity index (χ3n) is 1.81. The van der Waals surface area contributed by atoms with Crippen LogP contribution >= 0.6 is 0 Å². The molecule has 1 aromatic rings. The summed E-state index contributed by atoms with van der Waals surface area (Å²) < 4.78 is 0. The number of ketones is 1. The van der Waals surface area contributed by atoms with Crippen molar-refractivity contribution >= 4 is 5.78 Å². The van der Waals surface area contributed by atoms with Crippen molar-refractivity contribution in [2.75, 3.05) is 0 Å². The molecule has 52 valence electrons. The van der Waals surface area contributed by atoms with Gasteiger partial charge in [-0.05, 0) is 12.8 Å². The minimum atomic E-state index is 0.183. The topological polar surface area (TPSA) is 45.8 Å². The molecule has 1 aliphatic rings. The summed E-state index contributed by atoms with van der Waals surface area (Å²) >= 11 is 0. The summed E-state index contributed by atoms with van der Waals surface area (Å²) in [5.74, 6) is 0.183. The maximum atomic E-state index is 11.1. The molecule has 3 nitrogen and oxygen atoms in total. The fourth-order valence-electron chi connectivity index (χ4n) is 1.30. The predicted octanol–water partition coefficient (Wildman–Crippen LogP) is 0.929. The van der Waals surface area contributed by atoms with Crippen molar-refractivity contribution in [3.05, 3.63) is 17.7 Å². The van der Waals surface area contributed by atoms with Crippen LogP contribution in [0.2, 0.25) is 0 Å². The molecule has 3 heteroatoms. The number of nitrogens with one attached hydrogen (secondary N) is 1. The van der Waals surface area contributed by atoms with Crippen LogP contribution in [0.5, 0.6) is 0 Å². The van der Waals surface area contributed by atoms with Gasteiger partial charge in [-0.1, -0.05) is 0 Å². The summed E-state index contributed by atoms with van der Waals surface area (Å²) in [4.78, 5) is 18.0. The van der Waals surface area contributed by atoms with E-state index in [1.165, 1.54) is 0 Å². The van der Waals surface area contributed by atoms with Crippen LogP contribution < -0.4 is 0 Å². The van der Waals surface area contributed by atoms with Gasteiger partial charge in [-0.25, -0.2) is 4.98 Å². The number of rotatable bonds is 0. The van der Waals surface area contributed by atoms with Crippen LogP contribution in [0.1, 0.15) is 29.0 Å². The number of H-pyrrole nitrogens is 1. The van der Waals surface area contributed by atoms with Gasteiger partial charge in [0.25, 0.3) is 0 Å². The second-order valence-electron chi connectivity index (χ2n) is 2.51. The lowest BCUT2D eigenvalue weighted by Crippen LogP contribution is -2.09. The molecule has 0 radical (unpaired) electrons. The van der Waals surface area contributed by atoms with E-state index in [1.54, 1.807) is 6.33 Å². The van der Waals surface area contributed by atoms with Crippen molar-refractivity contribution in [1.29, 1.82) is 0 Å². The van der Waals surface area contributed by atoms with Crippen LogP contribution in [0.4, 0.5) is 0 Å². The van der Waals surface area contributed by atoms with Gasteiger partial charge < -0.3 is 4.98 Å². The van der Waals surface area contributed by atoms with E-state index >= 15 is 0 Å². The van der Waals surface area contributed by atoms with Gasteiger partial charge in [0.05, 0.1) is 6.33 Å². The van der Waals surface area contributed by atoms with Crippen LogP contribution in [0.3, 0.4) is 0 Å². The van der Waals surface area contributed by atoms with Crippen LogP contribution in [0.15, 0.2) is 6.33 Å². The Hall–Kier alpha value is -1.12. The van der Waals surface area contributed by atoms with E-state index in [1.807, 2.05) is 0 Å². The zero-order chi connectivity index (χ0) is 6.97. The Kier molecular flexibility index (Phi) is 1.09. The lowest BCUT2D eigenvalue weighted by Gasteiger charge is -2.06. The zero-order valence-electron chi connectivity index (χ0n) is 5.55. The zero-order valence-corrected chi connectivity index (χ0v) is 5.55. The van der Waals surface area contributed by atoms with Crippen molar-refractivity contribution in [3.8, 4) is 0 Å². The molecule has 0 saturated carbocycles. The minimum Gasteiger partial charge on any atom is -0.348 e. The van der Waals surface area contributed by atoms with Crippen LogP contribution in [-0.4, -0.2) is 15.8 Å². The molecule has 0 unspecified atom stereocenters. The van der Waals surface area contributed by atoms with Crippen LogP contribution in [0.25, 0.3) is 0 Å². The molecular formula is C7H8N2O. The number of imidazole rings is 1. The highest BCUT2D eigenvalue weighted by Gasteiger charge is 2.18. The fraction of sp³-hybridized carbons (Fsp3) is 0.429. The molecule has 1 N–H and O–H groups in total. The van der Waals surface area contributed by atoms with E-state index in [-0.39, 0.29) is 5.78 Å². The van der Waals surface area contributed by atoms with Crippen molar-refractivity contribution in [1.82, 2.24) is 9.97 Å². The molecule has 0 fully saturated rings. The number of Topliss-reactive ketones (excluding diaryl/α,β-unsaturated/α-hetero) is 1.